The van der Waals surface area contributed by atoms with Crippen LogP contribution in [0.4, 0.5) is 0 Å². The fraction of sp³-hybridized carbons (Fsp3) is 0.0426. The van der Waals surface area contributed by atoms with E-state index in [1.165, 1.54) is 49.3 Å². The number of para-hydroxylation sites is 3. The van der Waals surface area contributed by atoms with Gasteiger partial charge >= 0.3 is 0 Å². The molecule has 0 N–H and O–H groups in total. The van der Waals surface area contributed by atoms with Gasteiger partial charge in [0.25, 0.3) is 0 Å². The Hall–Kier alpha value is -6.65. The normalized spacial score (nSPS) is 14.8. The highest BCUT2D eigenvalue weighted by molar-refractivity contribution is 6.16. The van der Waals surface area contributed by atoms with Crippen LogP contribution in [0.15, 0.2) is 187 Å². The highest BCUT2D eigenvalue weighted by atomic mass is 15.3. The van der Waals surface area contributed by atoms with Gasteiger partial charge in [-0.25, -0.2) is 4.99 Å². The maximum absolute atomic E-state index is 5.42. The first-order valence-corrected chi connectivity index (χ1v) is 17.5. The van der Waals surface area contributed by atoms with Gasteiger partial charge in [0.15, 0.2) is 0 Å². The van der Waals surface area contributed by atoms with Crippen LogP contribution in [0, 0.1) is 0 Å². The lowest BCUT2D eigenvalue weighted by Gasteiger charge is -2.34. The third kappa shape index (κ3) is 4.72. The molecule has 4 heteroatoms. The van der Waals surface area contributed by atoms with E-state index in [-0.39, 0.29) is 6.04 Å². The van der Waals surface area contributed by atoms with Crippen molar-refractivity contribution in [3.8, 4) is 16.8 Å². The van der Waals surface area contributed by atoms with Gasteiger partial charge in [-0.15, -0.1) is 0 Å². The molecule has 0 saturated heterocycles. The highest BCUT2D eigenvalue weighted by Crippen LogP contribution is 2.39. The van der Waals surface area contributed by atoms with Gasteiger partial charge < -0.3 is 9.47 Å². The zero-order valence-corrected chi connectivity index (χ0v) is 28.2. The van der Waals surface area contributed by atoms with Crippen molar-refractivity contribution in [2.45, 2.75) is 6.04 Å². The lowest BCUT2D eigenvalue weighted by atomic mass is 10.0. The van der Waals surface area contributed by atoms with E-state index < -0.39 is 0 Å². The van der Waals surface area contributed by atoms with Crippen LogP contribution in [-0.2, 0) is 0 Å². The molecule has 0 saturated carbocycles. The number of aromatic nitrogens is 2. The van der Waals surface area contributed by atoms with Gasteiger partial charge in [0.1, 0.15) is 0 Å². The summed E-state index contributed by atoms with van der Waals surface area (Å²) in [5, 5.41) is 4.91. The van der Waals surface area contributed by atoms with Gasteiger partial charge in [0.2, 0.25) is 5.96 Å². The van der Waals surface area contributed by atoms with Crippen molar-refractivity contribution in [1.82, 2.24) is 14.0 Å². The molecule has 0 radical (unpaired) electrons. The van der Waals surface area contributed by atoms with E-state index in [2.05, 4.69) is 203 Å². The number of aliphatic imine (C=N–C) groups is 1. The number of benzene rings is 7. The standard InChI is InChI=1S/C47H34N4/c1-49-45(33-17-7-3-8-18-33)31-41(32-15-5-2-6-16-32)48-47(49)51-43-24-14-11-21-37(43)39-27-25-35(30-46(39)51)34-26-28-44-40(29-34)38-22-12-13-23-42(38)50(44)36-19-9-4-10-20-36/h2-31,45H,1H3. The molecular weight excluding hydrogens is 621 g/mol. The van der Waals surface area contributed by atoms with Crippen molar-refractivity contribution < 1.29 is 0 Å². The van der Waals surface area contributed by atoms with Crippen LogP contribution in [-0.4, -0.2) is 27.0 Å². The van der Waals surface area contributed by atoms with Gasteiger partial charge in [-0.05, 0) is 65.2 Å². The Labute approximate surface area is 296 Å². The van der Waals surface area contributed by atoms with Crippen molar-refractivity contribution in [2.24, 2.45) is 4.99 Å². The summed E-state index contributed by atoms with van der Waals surface area (Å²) in [4.78, 5) is 7.73. The molecule has 1 atom stereocenters. The minimum Gasteiger partial charge on any atom is -0.334 e. The smallest absolute Gasteiger partial charge is 0.211 e. The number of rotatable bonds is 4. The van der Waals surface area contributed by atoms with Crippen LogP contribution >= 0.6 is 0 Å². The average molecular weight is 655 g/mol. The van der Waals surface area contributed by atoms with Crippen molar-refractivity contribution >= 4 is 55.3 Å². The Kier molecular flexibility index (Phi) is 6.75. The molecule has 9 aromatic rings. The van der Waals surface area contributed by atoms with Gasteiger partial charge in [-0.2, -0.15) is 0 Å². The fourth-order valence-electron chi connectivity index (χ4n) is 7.93. The summed E-state index contributed by atoms with van der Waals surface area (Å²) in [6.07, 6.45) is 2.29. The largest absolute Gasteiger partial charge is 0.334 e. The van der Waals surface area contributed by atoms with E-state index in [0.717, 1.165) is 33.9 Å². The SMILES string of the molecule is CN1C(n2c3ccccc3c3ccc(-c4ccc5c(c4)c4ccccc4n5-c4ccccc4)cc32)=NC(c2ccccc2)=CC1c1ccccc1. The molecule has 0 bridgehead atoms. The Balaban J connectivity index is 1.18. The van der Waals surface area contributed by atoms with E-state index in [9.17, 15) is 0 Å². The van der Waals surface area contributed by atoms with Crippen LogP contribution < -0.4 is 0 Å². The molecule has 0 fully saturated rings. The highest BCUT2D eigenvalue weighted by Gasteiger charge is 2.28. The molecule has 1 aliphatic rings. The van der Waals surface area contributed by atoms with Crippen molar-refractivity contribution in [2.75, 3.05) is 7.05 Å². The minimum absolute atomic E-state index is 0.0117. The third-order valence-electron chi connectivity index (χ3n) is 10.4. The first-order chi connectivity index (χ1) is 25.2. The number of nitrogens with zero attached hydrogens (tertiary/aromatic N) is 4. The van der Waals surface area contributed by atoms with Gasteiger partial charge in [-0.1, -0.05) is 133 Å². The summed E-state index contributed by atoms with van der Waals surface area (Å²) >= 11 is 0. The Morgan fingerprint density at radius 1 is 0.431 bits per heavy atom. The van der Waals surface area contributed by atoms with E-state index in [1.54, 1.807) is 0 Å². The van der Waals surface area contributed by atoms with Crippen LogP contribution in [0.2, 0.25) is 0 Å². The molecule has 2 aromatic heterocycles. The first-order valence-electron chi connectivity index (χ1n) is 17.5. The summed E-state index contributed by atoms with van der Waals surface area (Å²) in [6.45, 7) is 0. The Bertz CT molecular complexity index is 2810. The first kappa shape index (κ1) is 29.3. The average Bonchev–Trinajstić information content (AvgIpc) is 3.71. The number of hydrogen-bond donors (Lipinski definition) is 0. The second-order valence-corrected chi connectivity index (χ2v) is 13.3. The lowest BCUT2D eigenvalue weighted by Crippen LogP contribution is -2.37. The fourth-order valence-corrected chi connectivity index (χ4v) is 7.93. The van der Waals surface area contributed by atoms with Crippen molar-refractivity contribution in [3.63, 3.8) is 0 Å². The molecule has 1 aliphatic heterocycles. The summed E-state index contributed by atoms with van der Waals surface area (Å²) in [5.41, 5.74) is 11.5. The summed E-state index contributed by atoms with van der Waals surface area (Å²) < 4.78 is 4.73. The molecule has 0 amide bonds. The van der Waals surface area contributed by atoms with Crippen molar-refractivity contribution in [1.29, 1.82) is 0 Å². The van der Waals surface area contributed by atoms with Crippen LogP contribution in [0.1, 0.15) is 17.2 Å². The van der Waals surface area contributed by atoms with Crippen LogP contribution in [0.5, 0.6) is 0 Å². The number of fused-ring (bicyclic) bond motifs is 6. The van der Waals surface area contributed by atoms with E-state index >= 15 is 0 Å². The van der Waals surface area contributed by atoms with Gasteiger partial charge in [-0.3, -0.25) is 4.57 Å². The summed E-state index contributed by atoms with van der Waals surface area (Å²) in [7, 11) is 2.16. The number of hydrogen-bond acceptors (Lipinski definition) is 2. The Morgan fingerprint density at radius 2 is 0.980 bits per heavy atom. The maximum Gasteiger partial charge on any atom is 0.211 e. The number of likely N-dealkylation sites (N-methyl/N-ethyl adjacent to an activating group) is 1. The molecule has 1 unspecified atom stereocenters. The van der Waals surface area contributed by atoms with Gasteiger partial charge in [0.05, 0.1) is 33.8 Å². The molecule has 10 rings (SSSR count). The molecule has 3 heterocycles. The maximum atomic E-state index is 5.42. The zero-order chi connectivity index (χ0) is 33.9. The molecule has 0 spiro atoms. The predicted octanol–water partition coefficient (Wildman–Crippen LogP) is 11.5. The van der Waals surface area contributed by atoms with E-state index in [4.69, 9.17) is 4.99 Å². The van der Waals surface area contributed by atoms with Gasteiger partial charge in [0, 0.05) is 39.8 Å². The quantitative estimate of drug-likeness (QED) is 0.185. The third-order valence-corrected chi connectivity index (χ3v) is 10.4. The van der Waals surface area contributed by atoms with Crippen LogP contribution in [0.3, 0.4) is 0 Å². The van der Waals surface area contributed by atoms with E-state index in [1.807, 2.05) is 0 Å². The molecule has 4 nitrogen and oxygen atoms in total. The zero-order valence-electron chi connectivity index (χ0n) is 28.2. The van der Waals surface area contributed by atoms with Crippen molar-refractivity contribution in [3.05, 3.63) is 193 Å². The monoisotopic (exact) mass is 654 g/mol. The second-order valence-electron chi connectivity index (χ2n) is 13.3. The summed E-state index contributed by atoms with van der Waals surface area (Å²) in [5.74, 6) is 0.898. The van der Waals surface area contributed by atoms with Crippen LogP contribution in [0.25, 0.3) is 66.1 Å². The summed E-state index contributed by atoms with van der Waals surface area (Å²) in [6, 6.07) is 63.1. The molecule has 242 valence electrons. The minimum atomic E-state index is 0.0117. The molecule has 0 aliphatic carbocycles. The lowest BCUT2D eigenvalue weighted by molar-refractivity contribution is 0.422. The Morgan fingerprint density at radius 3 is 1.73 bits per heavy atom. The topological polar surface area (TPSA) is 25.5 Å². The predicted molar refractivity (Wildman–Crippen MR) is 213 cm³/mol. The second kappa shape index (κ2) is 11.7. The molecule has 7 aromatic carbocycles. The van der Waals surface area contributed by atoms with E-state index in [0.29, 0.717) is 0 Å². The molecular formula is C47H34N4. The molecule has 51 heavy (non-hydrogen) atoms.